The van der Waals surface area contributed by atoms with E-state index in [-0.39, 0.29) is 5.30 Å². The van der Waals surface area contributed by atoms with E-state index < -0.39 is 12.1 Å². The molecule has 0 heterocycles. The number of rotatable bonds is 3. The Morgan fingerprint density at radius 3 is 2.43 bits per heavy atom. The highest BCUT2D eigenvalue weighted by atomic mass is 31.2. The Hall–Kier alpha value is -1.84. The van der Waals surface area contributed by atoms with E-state index >= 15 is 0 Å². The van der Waals surface area contributed by atoms with Gasteiger partial charge in [0.2, 0.25) is 0 Å². The minimum Gasteiger partial charge on any atom is -0.260 e. The van der Waals surface area contributed by atoms with Crippen molar-refractivity contribution >= 4 is 12.7 Å². The fraction of sp³-hybridized carbons (Fsp3) is 0. The van der Waals surface area contributed by atoms with Crippen LogP contribution < -0.4 is 5.30 Å². The number of hydrogen-bond acceptors (Lipinski definition) is 3. The van der Waals surface area contributed by atoms with E-state index in [2.05, 4.69) is 9.80 Å². The van der Waals surface area contributed by atoms with Crippen molar-refractivity contribution in [3.05, 3.63) is 50.9 Å². The highest BCUT2D eigenvalue weighted by Gasteiger charge is 2.37. The zero-order valence-electron chi connectivity index (χ0n) is 6.85. The topological polar surface area (TPSA) is 109 Å². The fourth-order valence-corrected chi connectivity index (χ4v) is 1.88. The second kappa shape index (κ2) is 3.91. The Labute approximate surface area is 78.6 Å². The van der Waals surface area contributed by atoms with Crippen LogP contribution in [0.5, 0.6) is 0 Å². The van der Waals surface area contributed by atoms with E-state index in [1.807, 2.05) is 0 Å². The Balaban J connectivity index is 3.34. The fourth-order valence-electron chi connectivity index (χ4n) is 0.855. The van der Waals surface area contributed by atoms with Crippen LogP contribution in [-0.4, -0.2) is 4.69 Å². The molecule has 1 rings (SSSR count). The van der Waals surface area contributed by atoms with Crippen LogP contribution >= 0.6 is 7.44 Å². The third-order valence-corrected chi connectivity index (χ3v) is 3.21. The lowest BCUT2D eigenvalue weighted by atomic mass is 10.4. The van der Waals surface area contributed by atoms with Gasteiger partial charge < -0.3 is 0 Å². The Kier molecular flexibility index (Phi) is 2.86. The molecule has 1 aromatic carbocycles. The average molecular weight is 212 g/mol. The second-order valence-electron chi connectivity index (χ2n) is 2.30. The normalized spacial score (nSPS) is 13.7. The van der Waals surface area contributed by atoms with Gasteiger partial charge in [-0.15, -0.1) is 0 Å². The number of nitrogens with zero attached hydrogens (tertiary/aromatic N) is 4. The minimum atomic E-state index is -4.21. The first-order chi connectivity index (χ1) is 6.61. The van der Waals surface area contributed by atoms with Gasteiger partial charge >= 0.3 is 7.44 Å². The first-order valence-corrected chi connectivity index (χ1v) is 5.09. The Morgan fingerprint density at radius 2 is 2.00 bits per heavy atom. The summed E-state index contributed by atoms with van der Waals surface area (Å²) in [5.74, 6) is 0. The zero-order chi connectivity index (χ0) is 10.6. The highest BCUT2D eigenvalue weighted by molar-refractivity contribution is 7.64. The molecule has 0 aliphatic carbocycles. The van der Waals surface area contributed by atoms with Crippen LogP contribution in [0.4, 0.5) is 0 Å². The highest BCUT2D eigenvalue weighted by Crippen LogP contribution is 2.46. The standard InChI is InChI=1S/C6H5N4O3P/c7-8-9-14(13,10(11)12)6-4-2-1-3-5-6/h1-5H. The summed E-state index contributed by atoms with van der Waals surface area (Å²) < 4.78 is 10.5. The number of hydrogen-bond donors (Lipinski definition) is 0. The molecule has 1 unspecified atom stereocenters. The molecule has 0 bridgehead atoms. The molecule has 72 valence electrons. The van der Waals surface area contributed by atoms with E-state index in [0.717, 1.165) is 0 Å². The summed E-state index contributed by atoms with van der Waals surface area (Å²) in [6.45, 7) is 0. The number of nitro groups is 1. The van der Waals surface area contributed by atoms with Crippen molar-refractivity contribution in [3.8, 4) is 0 Å². The summed E-state index contributed by atoms with van der Waals surface area (Å²) in [5.41, 5.74) is 8.09. The molecule has 7 nitrogen and oxygen atoms in total. The maximum atomic E-state index is 11.6. The lowest BCUT2D eigenvalue weighted by Crippen LogP contribution is -2.08. The van der Waals surface area contributed by atoms with Crippen LogP contribution in [0, 0.1) is 10.1 Å². The summed E-state index contributed by atoms with van der Waals surface area (Å²) >= 11 is 0. The lowest BCUT2D eigenvalue weighted by molar-refractivity contribution is -0.311. The monoisotopic (exact) mass is 212 g/mol. The molecule has 0 aliphatic rings. The molecule has 0 N–H and O–H groups in total. The van der Waals surface area contributed by atoms with E-state index in [1.54, 1.807) is 6.07 Å². The third-order valence-electron chi connectivity index (χ3n) is 1.48. The predicted octanol–water partition coefficient (Wildman–Crippen LogP) is 2.09. The van der Waals surface area contributed by atoms with Crippen LogP contribution in [0.3, 0.4) is 0 Å². The predicted molar refractivity (Wildman–Crippen MR) is 49.8 cm³/mol. The molecule has 0 saturated heterocycles. The molecule has 0 fully saturated rings. The van der Waals surface area contributed by atoms with Crippen molar-refractivity contribution in [1.82, 2.24) is 0 Å². The van der Waals surface area contributed by atoms with Crippen molar-refractivity contribution in [1.29, 1.82) is 0 Å². The van der Waals surface area contributed by atoms with E-state index in [0.29, 0.717) is 0 Å². The van der Waals surface area contributed by atoms with Gasteiger partial charge in [0, 0.05) is 9.80 Å². The molecule has 0 aliphatic heterocycles. The summed E-state index contributed by atoms with van der Waals surface area (Å²) in [5, 5.41) is 10.4. The van der Waals surface area contributed by atoms with Crippen molar-refractivity contribution in [3.63, 3.8) is 0 Å². The van der Waals surface area contributed by atoms with Crippen molar-refractivity contribution in [2.45, 2.75) is 0 Å². The summed E-state index contributed by atoms with van der Waals surface area (Å²) in [7, 11) is -4.21. The van der Waals surface area contributed by atoms with Gasteiger partial charge in [0.1, 0.15) is 0 Å². The maximum absolute atomic E-state index is 11.6. The molecule has 0 saturated carbocycles. The average Bonchev–Trinajstić information content (AvgIpc) is 2.19. The van der Waals surface area contributed by atoms with E-state index in [1.165, 1.54) is 24.3 Å². The first-order valence-electron chi connectivity index (χ1n) is 3.48. The van der Waals surface area contributed by atoms with E-state index in [9.17, 15) is 14.7 Å². The molecular weight excluding hydrogens is 207 g/mol. The minimum absolute atomic E-state index is 0.0807. The van der Waals surface area contributed by atoms with E-state index in [4.69, 9.17) is 5.53 Å². The lowest BCUT2D eigenvalue weighted by Gasteiger charge is -2.01. The molecule has 1 aromatic rings. The van der Waals surface area contributed by atoms with Crippen molar-refractivity contribution in [2.75, 3.05) is 0 Å². The van der Waals surface area contributed by atoms with Crippen LogP contribution in [-0.2, 0) is 4.57 Å². The molecule has 0 radical (unpaired) electrons. The van der Waals surface area contributed by atoms with Gasteiger partial charge in [0.25, 0.3) is 0 Å². The van der Waals surface area contributed by atoms with Crippen molar-refractivity contribution < 1.29 is 9.26 Å². The van der Waals surface area contributed by atoms with Gasteiger partial charge in [-0.1, -0.05) is 18.2 Å². The Morgan fingerprint density at radius 1 is 1.43 bits per heavy atom. The SMILES string of the molecule is [N-]=[N+]=NP(=O)(c1ccccc1)[N+](=O)[O-]. The molecule has 8 heteroatoms. The van der Waals surface area contributed by atoms with Gasteiger partial charge in [-0.25, -0.2) is 4.57 Å². The summed E-state index contributed by atoms with van der Waals surface area (Å²) in [6, 6.07) is 7.16. The molecule has 14 heavy (non-hydrogen) atoms. The summed E-state index contributed by atoms with van der Waals surface area (Å²) in [6.07, 6.45) is 0. The maximum Gasteiger partial charge on any atom is 0.490 e. The number of benzene rings is 1. The van der Waals surface area contributed by atoms with Crippen molar-refractivity contribution in [2.24, 2.45) is 4.88 Å². The number of azide groups is 1. The molecule has 0 amide bonds. The van der Waals surface area contributed by atoms with Crippen LogP contribution in [0.15, 0.2) is 35.2 Å². The largest absolute Gasteiger partial charge is 0.490 e. The smallest absolute Gasteiger partial charge is 0.260 e. The van der Waals surface area contributed by atoms with Gasteiger partial charge in [0.05, 0.1) is 10.00 Å². The van der Waals surface area contributed by atoms with Crippen LogP contribution in [0.1, 0.15) is 0 Å². The quantitative estimate of drug-likeness (QED) is 0.191. The first kappa shape index (κ1) is 10.2. The van der Waals surface area contributed by atoms with Gasteiger partial charge in [-0.2, -0.15) is 0 Å². The summed E-state index contributed by atoms with van der Waals surface area (Å²) in [4.78, 5) is 15.5. The van der Waals surface area contributed by atoms with Crippen LogP contribution in [0.25, 0.3) is 10.4 Å². The molecule has 0 aromatic heterocycles. The molecule has 1 atom stereocenters. The van der Waals surface area contributed by atoms with Gasteiger partial charge in [0.15, 0.2) is 0 Å². The third kappa shape index (κ3) is 1.74. The molecule has 0 spiro atoms. The second-order valence-corrected chi connectivity index (χ2v) is 4.41. The van der Waals surface area contributed by atoms with Gasteiger partial charge in [-0.05, 0) is 17.7 Å². The van der Waals surface area contributed by atoms with Gasteiger partial charge in [-0.3, -0.25) is 10.1 Å². The molecular formula is C6H5N4O3P. The van der Waals surface area contributed by atoms with Crippen LogP contribution in [0.2, 0.25) is 0 Å². The Bertz CT molecular complexity index is 434. The zero-order valence-corrected chi connectivity index (χ0v) is 7.74.